The third-order valence-corrected chi connectivity index (χ3v) is 8.06. The van der Waals surface area contributed by atoms with Gasteiger partial charge in [0.25, 0.3) is 0 Å². The largest absolute Gasteiger partial charge is 0.491 e. The fraction of sp³-hybridized carbons (Fsp3) is 0.533. The molecule has 0 bridgehead atoms. The highest BCUT2D eigenvalue weighted by Crippen LogP contribution is 2.21. The topological polar surface area (TPSA) is 104 Å². The van der Waals surface area contributed by atoms with Crippen molar-refractivity contribution >= 4 is 0 Å². The van der Waals surface area contributed by atoms with Crippen LogP contribution in [0.4, 0.5) is 0 Å². The van der Waals surface area contributed by atoms with E-state index in [1.807, 2.05) is 143 Å². The number of allylic oxidation sites excluding steroid dienone is 1. The van der Waals surface area contributed by atoms with Gasteiger partial charge >= 0.3 is 0 Å². The lowest BCUT2D eigenvalue weighted by Gasteiger charge is -2.11. The van der Waals surface area contributed by atoms with E-state index in [1.165, 1.54) is 44.1 Å². The zero-order valence-corrected chi connectivity index (χ0v) is 45.4. The van der Waals surface area contributed by atoms with E-state index in [9.17, 15) is 5.11 Å². The summed E-state index contributed by atoms with van der Waals surface area (Å²) in [5.74, 6) is 3.54. The number of para-hydroxylation sites is 4. The third kappa shape index (κ3) is 49.6. The summed E-state index contributed by atoms with van der Waals surface area (Å²) >= 11 is 0. The van der Waals surface area contributed by atoms with Crippen molar-refractivity contribution in [3.63, 3.8) is 0 Å². The summed E-state index contributed by atoms with van der Waals surface area (Å²) in [4.78, 5) is 0. The van der Waals surface area contributed by atoms with E-state index in [-0.39, 0.29) is 13.2 Å². The molecule has 4 aromatic carbocycles. The van der Waals surface area contributed by atoms with Crippen LogP contribution in [0, 0.1) is 0 Å². The number of unbranched alkanes of at least 4 members (excludes halogenated alkanes) is 2. The van der Waals surface area contributed by atoms with Gasteiger partial charge in [0, 0.05) is 0 Å². The van der Waals surface area contributed by atoms with Crippen molar-refractivity contribution in [2.45, 2.75) is 152 Å². The molecule has 69 heavy (non-hydrogen) atoms. The van der Waals surface area contributed by atoms with E-state index in [0.717, 1.165) is 49.2 Å². The Labute approximate surface area is 422 Å². The molecule has 3 heterocycles. The van der Waals surface area contributed by atoms with E-state index in [2.05, 4.69) is 74.6 Å². The van der Waals surface area contributed by atoms with Crippen LogP contribution in [0.1, 0.15) is 127 Å². The van der Waals surface area contributed by atoms with Gasteiger partial charge in [-0.05, 0) is 54.4 Å². The number of hydrogen-bond acceptors (Lipinski definition) is 9. The van der Waals surface area contributed by atoms with Crippen molar-refractivity contribution in [1.82, 2.24) is 0 Å². The van der Waals surface area contributed by atoms with Gasteiger partial charge in [-0.1, -0.05) is 207 Å². The van der Waals surface area contributed by atoms with E-state index >= 15 is 0 Å². The molecule has 3 saturated heterocycles. The minimum absolute atomic E-state index is 0.237. The van der Waals surface area contributed by atoms with Gasteiger partial charge in [-0.3, -0.25) is 0 Å². The standard InChI is InChI=1S/C12H16O3.C12H14O2.2C9H10O2.2C4H10.2C3H8.2C2H6/c1-2-8-14-9-11(13)10-15-12-6-4-3-5-7-12;1-2-5-10-6-3-4-7-12(10)14-9-11-8-13-11;2*1-2-4-8(5-3-1)10-6-9-7-11-9;2*1-3-4-2;2*1-3-2;2*1-2/h2-7,11,13H,1,8-10H2;2-4,6-7,11H,1,5,8-9H2;2*1-5,9H,6-7H2;2*3-4H2,1-2H3;2*3H2,1-2H3;2*1-2H3. The first-order valence-corrected chi connectivity index (χ1v) is 25.8. The summed E-state index contributed by atoms with van der Waals surface area (Å²) in [5, 5.41) is 9.45. The second-order valence-electron chi connectivity index (χ2n) is 15.0. The first-order chi connectivity index (χ1) is 33.8. The van der Waals surface area contributed by atoms with Crippen LogP contribution in [0.5, 0.6) is 23.0 Å². The molecule has 0 radical (unpaired) electrons. The molecule has 392 valence electrons. The highest BCUT2D eigenvalue weighted by molar-refractivity contribution is 5.34. The number of ether oxygens (including phenoxy) is 8. The van der Waals surface area contributed by atoms with Crippen LogP contribution in [-0.2, 0) is 25.4 Å². The molecule has 0 aliphatic carbocycles. The lowest BCUT2D eigenvalue weighted by Crippen LogP contribution is -2.23. The van der Waals surface area contributed by atoms with Crippen molar-refractivity contribution in [3.8, 4) is 23.0 Å². The van der Waals surface area contributed by atoms with Crippen LogP contribution >= 0.6 is 0 Å². The highest BCUT2D eigenvalue weighted by Gasteiger charge is 2.24. The van der Waals surface area contributed by atoms with Gasteiger partial charge in [0.15, 0.2) is 0 Å². The Kier molecular flexibility index (Phi) is 54.0. The molecule has 9 heteroatoms. The van der Waals surface area contributed by atoms with Crippen LogP contribution in [0.15, 0.2) is 141 Å². The Bertz CT molecular complexity index is 1520. The van der Waals surface area contributed by atoms with Gasteiger partial charge in [0.2, 0.25) is 0 Å². The van der Waals surface area contributed by atoms with Crippen molar-refractivity contribution < 1.29 is 43.0 Å². The highest BCUT2D eigenvalue weighted by atomic mass is 16.6. The SMILES string of the molecule is C=CCOCC(O)COc1ccccc1.C=CCc1ccccc1OCC1CO1.CC.CC.CCC.CCC.CCCC.CCCC.c1ccc(OCC2CO2)cc1.c1ccc(OCC2CO2)cc1. The van der Waals surface area contributed by atoms with Gasteiger partial charge in [-0.15, -0.1) is 13.2 Å². The normalized spacial score (nSPS) is 14.8. The second-order valence-corrected chi connectivity index (χ2v) is 15.0. The molecule has 3 aliphatic heterocycles. The molecule has 3 fully saturated rings. The van der Waals surface area contributed by atoms with Gasteiger partial charge < -0.3 is 43.0 Å². The Morgan fingerprint density at radius 3 is 1.16 bits per heavy atom. The minimum atomic E-state index is -0.606. The number of rotatable bonds is 20. The van der Waals surface area contributed by atoms with Crippen LogP contribution < -0.4 is 18.9 Å². The molecule has 4 aromatic rings. The molecule has 0 spiro atoms. The number of benzene rings is 4. The first-order valence-electron chi connectivity index (χ1n) is 25.8. The zero-order valence-electron chi connectivity index (χ0n) is 45.4. The number of aliphatic hydroxyl groups is 1. The van der Waals surface area contributed by atoms with E-state index in [0.29, 0.717) is 44.7 Å². The maximum absolute atomic E-state index is 9.45. The molecule has 0 aromatic heterocycles. The monoisotopic (exact) mass is 963 g/mol. The summed E-state index contributed by atoms with van der Waals surface area (Å²) < 4.78 is 42.0. The van der Waals surface area contributed by atoms with Crippen molar-refractivity contribution in [2.75, 3.05) is 59.5 Å². The summed E-state index contributed by atoms with van der Waals surface area (Å²) in [5.41, 5.74) is 1.18. The van der Waals surface area contributed by atoms with E-state index < -0.39 is 6.10 Å². The molecule has 7 rings (SSSR count). The fourth-order valence-electron chi connectivity index (χ4n) is 4.10. The maximum atomic E-state index is 9.45. The Balaban J connectivity index is -0.000000757. The average molecular weight is 963 g/mol. The van der Waals surface area contributed by atoms with Crippen molar-refractivity contribution in [1.29, 1.82) is 0 Å². The smallest absolute Gasteiger partial charge is 0.122 e. The molecule has 0 saturated carbocycles. The summed E-state index contributed by atoms with van der Waals surface area (Å²) in [7, 11) is 0. The zero-order chi connectivity index (χ0) is 52.0. The number of epoxide rings is 3. The Morgan fingerprint density at radius 1 is 0.493 bits per heavy atom. The van der Waals surface area contributed by atoms with Gasteiger partial charge in [-0.25, -0.2) is 0 Å². The summed E-state index contributed by atoms with van der Waals surface area (Å²) in [6.07, 6.45) is 12.5. The fourth-order valence-corrected chi connectivity index (χ4v) is 4.10. The quantitative estimate of drug-likeness (QED) is 0.0527. The molecule has 1 N–H and O–H groups in total. The summed E-state index contributed by atoms with van der Waals surface area (Å²) in [6.45, 7) is 38.0. The van der Waals surface area contributed by atoms with Crippen molar-refractivity contribution in [2.24, 2.45) is 0 Å². The van der Waals surface area contributed by atoms with Gasteiger partial charge in [0.05, 0.1) is 33.0 Å². The lowest BCUT2D eigenvalue weighted by atomic mass is 10.1. The minimum Gasteiger partial charge on any atom is -0.491 e. The Hall–Kier alpha value is -4.64. The lowest BCUT2D eigenvalue weighted by molar-refractivity contribution is 0.0214. The molecule has 4 unspecified atom stereocenters. The molecule has 4 atom stereocenters. The number of hydrogen-bond donors (Lipinski definition) is 1. The molecule has 0 amide bonds. The predicted octanol–water partition coefficient (Wildman–Crippen LogP) is 15.2. The predicted molar refractivity (Wildman–Crippen MR) is 294 cm³/mol. The third-order valence-electron chi connectivity index (χ3n) is 8.06. The van der Waals surface area contributed by atoms with Crippen LogP contribution in [0.25, 0.3) is 0 Å². The maximum Gasteiger partial charge on any atom is 0.122 e. The van der Waals surface area contributed by atoms with Crippen LogP contribution in [0.2, 0.25) is 0 Å². The van der Waals surface area contributed by atoms with Gasteiger partial charge in [0.1, 0.15) is 73.8 Å². The van der Waals surface area contributed by atoms with Crippen LogP contribution in [0.3, 0.4) is 0 Å². The number of aliphatic hydroxyl groups excluding tert-OH is 1. The molecule has 3 aliphatic rings. The summed E-state index contributed by atoms with van der Waals surface area (Å²) in [6, 6.07) is 37.0. The van der Waals surface area contributed by atoms with E-state index in [1.54, 1.807) is 6.08 Å². The van der Waals surface area contributed by atoms with Gasteiger partial charge in [-0.2, -0.15) is 0 Å². The molecular formula is C60H98O9. The van der Waals surface area contributed by atoms with Crippen LogP contribution in [-0.4, -0.2) is 89.0 Å². The Morgan fingerprint density at radius 2 is 0.826 bits per heavy atom. The average Bonchev–Trinajstić information content (AvgIpc) is 4.25. The second kappa shape index (κ2) is 54.3. The van der Waals surface area contributed by atoms with Crippen molar-refractivity contribution in [3.05, 3.63) is 146 Å². The van der Waals surface area contributed by atoms with E-state index in [4.69, 9.17) is 37.9 Å². The molecular weight excluding hydrogens is 865 g/mol. The molecule has 9 nitrogen and oxygen atoms in total. The first kappa shape index (κ1) is 68.6.